The summed E-state index contributed by atoms with van der Waals surface area (Å²) in [5, 5.41) is 7.40. The van der Waals surface area contributed by atoms with Crippen LogP contribution in [0.15, 0.2) is 176 Å². The van der Waals surface area contributed by atoms with Crippen molar-refractivity contribution < 1.29 is 0 Å². The Balaban J connectivity index is 1.39. The number of hydrogen-bond acceptors (Lipinski definition) is 3. The van der Waals surface area contributed by atoms with Crippen LogP contribution >= 0.6 is 0 Å². The molecule has 1 heterocycles. The van der Waals surface area contributed by atoms with E-state index in [0.29, 0.717) is 17.5 Å². The Morgan fingerprint density at radius 3 is 1.25 bits per heavy atom. The van der Waals surface area contributed by atoms with Gasteiger partial charge in [0, 0.05) is 16.7 Å². The van der Waals surface area contributed by atoms with Crippen LogP contribution in [0.25, 0.3) is 88.7 Å². The van der Waals surface area contributed by atoms with Crippen LogP contribution in [0.5, 0.6) is 0 Å². The van der Waals surface area contributed by atoms with E-state index in [9.17, 15) is 0 Å². The van der Waals surface area contributed by atoms with E-state index in [4.69, 9.17) is 15.0 Å². The topological polar surface area (TPSA) is 38.7 Å². The number of aromatic nitrogens is 3. The first-order valence-electron chi connectivity index (χ1n) is 16.2. The van der Waals surface area contributed by atoms with Crippen LogP contribution in [0.2, 0.25) is 0 Å². The highest BCUT2D eigenvalue weighted by molar-refractivity contribution is 6.29. The monoisotopic (exact) mass is 611 g/mol. The Morgan fingerprint density at radius 1 is 0.250 bits per heavy atom. The van der Waals surface area contributed by atoms with Gasteiger partial charge in [-0.25, -0.2) is 15.0 Å². The highest BCUT2D eigenvalue weighted by Gasteiger charge is 2.20. The van der Waals surface area contributed by atoms with Crippen LogP contribution in [0.3, 0.4) is 0 Å². The molecule has 0 aliphatic carbocycles. The minimum absolute atomic E-state index is 0.640. The molecule has 9 aromatic rings. The van der Waals surface area contributed by atoms with Crippen molar-refractivity contribution in [3.63, 3.8) is 0 Å². The summed E-state index contributed by atoms with van der Waals surface area (Å²) in [4.78, 5) is 15.2. The molecule has 0 spiro atoms. The van der Waals surface area contributed by atoms with Gasteiger partial charge in [-0.1, -0.05) is 164 Å². The van der Waals surface area contributed by atoms with Crippen LogP contribution in [0, 0.1) is 0 Å². The zero-order valence-corrected chi connectivity index (χ0v) is 26.1. The smallest absolute Gasteiger partial charge is 0.164 e. The van der Waals surface area contributed by atoms with Crippen LogP contribution in [-0.2, 0) is 0 Å². The Morgan fingerprint density at radius 2 is 0.667 bits per heavy atom. The van der Waals surface area contributed by atoms with Gasteiger partial charge in [0.15, 0.2) is 17.5 Å². The highest BCUT2D eigenvalue weighted by Crippen LogP contribution is 2.44. The summed E-state index contributed by atoms with van der Waals surface area (Å²) >= 11 is 0. The summed E-state index contributed by atoms with van der Waals surface area (Å²) in [5.74, 6) is 1.93. The van der Waals surface area contributed by atoms with Gasteiger partial charge >= 0.3 is 0 Å². The van der Waals surface area contributed by atoms with Crippen LogP contribution in [0.4, 0.5) is 0 Å². The fraction of sp³-hybridized carbons (Fsp3) is 0. The number of fused-ring (bicyclic) bond motifs is 6. The lowest BCUT2D eigenvalue weighted by molar-refractivity contribution is 1.07. The fourth-order valence-electron chi connectivity index (χ4n) is 6.89. The zero-order chi connectivity index (χ0) is 31.9. The third-order valence-electron chi connectivity index (χ3n) is 9.11. The first-order chi connectivity index (χ1) is 23.8. The van der Waals surface area contributed by atoms with Gasteiger partial charge in [-0.2, -0.15) is 0 Å². The van der Waals surface area contributed by atoms with Crippen LogP contribution in [0.1, 0.15) is 0 Å². The first-order valence-corrected chi connectivity index (χ1v) is 16.2. The van der Waals surface area contributed by atoms with Gasteiger partial charge in [-0.05, 0) is 66.7 Å². The second-order valence-electron chi connectivity index (χ2n) is 12.0. The van der Waals surface area contributed by atoms with Gasteiger partial charge in [-0.15, -0.1) is 0 Å². The Labute approximate surface area is 278 Å². The largest absolute Gasteiger partial charge is 0.208 e. The van der Waals surface area contributed by atoms with Crippen molar-refractivity contribution in [2.45, 2.75) is 0 Å². The normalized spacial score (nSPS) is 11.3. The lowest BCUT2D eigenvalue weighted by Crippen LogP contribution is -2.01. The molecule has 1 aromatic heterocycles. The molecule has 8 aromatic carbocycles. The van der Waals surface area contributed by atoms with Crippen molar-refractivity contribution in [1.82, 2.24) is 15.0 Å². The summed E-state index contributed by atoms with van der Waals surface area (Å²) in [7, 11) is 0. The Kier molecular flexibility index (Phi) is 6.80. The fourth-order valence-corrected chi connectivity index (χ4v) is 6.89. The Bertz CT molecular complexity index is 2540. The van der Waals surface area contributed by atoms with E-state index in [1.807, 2.05) is 60.7 Å². The van der Waals surface area contributed by atoms with E-state index in [2.05, 4.69) is 115 Å². The molecule has 0 unspecified atom stereocenters. The molecule has 0 N–H and O–H groups in total. The van der Waals surface area contributed by atoms with E-state index in [-0.39, 0.29) is 0 Å². The summed E-state index contributed by atoms with van der Waals surface area (Å²) in [6.45, 7) is 0. The SMILES string of the molecule is c1ccc(-c2cc(-c3ccccc3-c3nc(-c4ccccc4)nc(-c4ccccc4)n3)c3c4ccccc4c4ccccc4c3c2)cc1. The summed E-state index contributed by atoms with van der Waals surface area (Å²) in [6.07, 6.45) is 0. The molecule has 0 saturated heterocycles. The lowest BCUT2D eigenvalue weighted by atomic mass is 9.85. The second kappa shape index (κ2) is 11.7. The minimum atomic E-state index is 0.640. The Hall–Kier alpha value is -6.45. The molecule has 0 fully saturated rings. The molecule has 0 amide bonds. The number of benzene rings is 8. The minimum Gasteiger partial charge on any atom is -0.208 e. The third kappa shape index (κ3) is 4.81. The molecule has 224 valence electrons. The van der Waals surface area contributed by atoms with Gasteiger partial charge in [0.2, 0.25) is 0 Å². The average Bonchev–Trinajstić information content (AvgIpc) is 3.18. The predicted molar refractivity (Wildman–Crippen MR) is 200 cm³/mol. The van der Waals surface area contributed by atoms with Gasteiger partial charge < -0.3 is 0 Å². The first kappa shape index (κ1) is 27.8. The van der Waals surface area contributed by atoms with Gasteiger partial charge in [-0.3, -0.25) is 0 Å². The molecular formula is C45H29N3. The molecule has 0 aliphatic rings. The summed E-state index contributed by atoms with van der Waals surface area (Å²) in [6, 6.07) is 61.7. The molecule has 0 saturated carbocycles. The molecule has 0 bridgehead atoms. The zero-order valence-electron chi connectivity index (χ0n) is 26.1. The molecule has 3 nitrogen and oxygen atoms in total. The van der Waals surface area contributed by atoms with Gasteiger partial charge in [0.25, 0.3) is 0 Å². The maximum Gasteiger partial charge on any atom is 0.164 e. The van der Waals surface area contributed by atoms with Crippen LogP contribution in [-0.4, -0.2) is 15.0 Å². The van der Waals surface area contributed by atoms with Crippen molar-refractivity contribution in [3.8, 4) is 56.4 Å². The third-order valence-corrected chi connectivity index (χ3v) is 9.11. The van der Waals surface area contributed by atoms with Crippen molar-refractivity contribution in [2.75, 3.05) is 0 Å². The average molecular weight is 612 g/mol. The predicted octanol–water partition coefficient (Wildman–Crippen LogP) is 11.7. The maximum atomic E-state index is 5.14. The molecular weight excluding hydrogens is 583 g/mol. The quantitative estimate of drug-likeness (QED) is 0.182. The van der Waals surface area contributed by atoms with E-state index < -0.39 is 0 Å². The van der Waals surface area contributed by atoms with E-state index >= 15 is 0 Å². The van der Waals surface area contributed by atoms with Crippen molar-refractivity contribution >= 4 is 32.3 Å². The van der Waals surface area contributed by atoms with E-state index in [0.717, 1.165) is 27.8 Å². The van der Waals surface area contributed by atoms with E-state index in [1.165, 1.54) is 43.4 Å². The van der Waals surface area contributed by atoms with Crippen molar-refractivity contribution in [2.24, 2.45) is 0 Å². The second-order valence-corrected chi connectivity index (χ2v) is 12.0. The number of hydrogen-bond donors (Lipinski definition) is 0. The molecule has 48 heavy (non-hydrogen) atoms. The standard InChI is InChI=1S/C45H29N3/c1-4-16-30(17-5-1)33-28-40-36-24-11-10-22-34(36)35-23-12-14-26-38(35)42(40)41(29-33)37-25-13-15-27-39(37)45-47-43(31-18-6-2-7-19-31)46-44(48-45)32-20-8-3-9-21-32/h1-29H. The molecule has 3 heteroatoms. The maximum absolute atomic E-state index is 5.14. The molecule has 0 aliphatic heterocycles. The van der Waals surface area contributed by atoms with Gasteiger partial charge in [0.1, 0.15) is 0 Å². The number of rotatable bonds is 5. The highest BCUT2D eigenvalue weighted by atomic mass is 15.0. The van der Waals surface area contributed by atoms with Crippen molar-refractivity contribution in [3.05, 3.63) is 176 Å². The summed E-state index contributed by atoms with van der Waals surface area (Å²) in [5.41, 5.74) is 7.41. The molecule has 9 rings (SSSR count). The lowest BCUT2D eigenvalue weighted by Gasteiger charge is -2.18. The van der Waals surface area contributed by atoms with Gasteiger partial charge in [0.05, 0.1) is 0 Å². The number of nitrogens with zero attached hydrogens (tertiary/aromatic N) is 3. The summed E-state index contributed by atoms with van der Waals surface area (Å²) < 4.78 is 0. The molecule has 0 atom stereocenters. The van der Waals surface area contributed by atoms with Crippen molar-refractivity contribution in [1.29, 1.82) is 0 Å². The van der Waals surface area contributed by atoms with Crippen LogP contribution < -0.4 is 0 Å². The molecule has 0 radical (unpaired) electrons. The van der Waals surface area contributed by atoms with E-state index in [1.54, 1.807) is 0 Å².